The fourth-order valence-electron chi connectivity index (χ4n) is 3.32. The Kier molecular flexibility index (Phi) is 9.50. The number of azo groups is 1. The Morgan fingerprint density at radius 1 is 1.13 bits per heavy atom. The summed E-state index contributed by atoms with van der Waals surface area (Å²) >= 11 is 6.15. The second kappa shape index (κ2) is 11.8. The molecule has 5 nitrogen and oxygen atoms in total. The molecule has 0 aromatic heterocycles. The van der Waals surface area contributed by atoms with Gasteiger partial charge in [-0.3, -0.25) is 4.79 Å². The molecular weight excluding hydrogens is 412 g/mol. The summed E-state index contributed by atoms with van der Waals surface area (Å²) in [6.07, 6.45) is 1.13. The van der Waals surface area contributed by atoms with Gasteiger partial charge in [0.05, 0.1) is 31.9 Å². The lowest BCUT2D eigenvalue weighted by Crippen LogP contribution is -2.12. The molecule has 0 spiro atoms. The molecule has 6 heteroatoms. The third kappa shape index (κ3) is 6.54. The molecule has 0 radical (unpaired) electrons. The van der Waals surface area contributed by atoms with E-state index < -0.39 is 0 Å². The van der Waals surface area contributed by atoms with Gasteiger partial charge >= 0.3 is 5.97 Å². The third-order valence-electron chi connectivity index (χ3n) is 5.53. The highest BCUT2D eigenvalue weighted by Crippen LogP contribution is 2.38. The number of benzene rings is 2. The molecule has 2 aromatic rings. The van der Waals surface area contributed by atoms with Gasteiger partial charge in [-0.1, -0.05) is 25.1 Å². The van der Waals surface area contributed by atoms with Crippen LogP contribution in [0.4, 0.5) is 5.69 Å². The van der Waals surface area contributed by atoms with Crippen molar-refractivity contribution in [1.82, 2.24) is 0 Å². The molecule has 0 fully saturated rings. The minimum Gasteiger partial charge on any atom is -0.496 e. The number of nitrogens with zero attached hydrogens (tertiary/aromatic N) is 2. The highest BCUT2D eigenvalue weighted by molar-refractivity contribution is 6.17. The third-order valence-corrected chi connectivity index (χ3v) is 5.81. The van der Waals surface area contributed by atoms with E-state index in [9.17, 15) is 4.79 Å². The summed E-state index contributed by atoms with van der Waals surface area (Å²) in [5.41, 5.74) is 5.76. The highest BCUT2D eigenvalue weighted by Gasteiger charge is 2.22. The first-order valence-electron chi connectivity index (χ1n) is 10.7. The summed E-state index contributed by atoms with van der Waals surface area (Å²) in [6, 6.07) is 10.3. The molecule has 0 bridgehead atoms. The number of hydrogen-bond donors (Lipinski definition) is 0. The summed E-state index contributed by atoms with van der Waals surface area (Å²) < 4.78 is 10.9. The van der Waals surface area contributed by atoms with Gasteiger partial charge in [-0.05, 0) is 68.5 Å². The highest BCUT2D eigenvalue weighted by atomic mass is 35.5. The first-order valence-corrected chi connectivity index (χ1v) is 11.3. The van der Waals surface area contributed by atoms with E-state index in [1.54, 1.807) is 7.11 Å². The summed E-state index contributed by atoms with van der Waals surface area (Å²) in [5, 5.41) is 8.90. The predicted molar refractivity (Wildman–Crippen MR) is 126 cm³/mol. The molecule has 0 aliphatic rings. The number of esters is 1. The van der Waals surface area contributed by atoms with Gasteiger partial charge in [0, 0.05) is 17.4 Å². The summed E-state index contributed by atoms with van der Waals surface area (Å²) in [4.78, 5) is 12.5. The average molecular weight is 445 g/mol. The second-order valence-corrected chi connectivity index (χ2v) is 7.99. The zero-order valence-corrected chi connectivity index (χ0v) is 20.1. The Hall–Kier alpha value is -2.40. The maximum atomic E-state index is 12.5. The van der Waals surface area contributed by atoms with Gasteiger partial charge in [0.15, 0.2) is 0 Å². The van der Waals surface area contributed by atoms with Crippen LogP contribution in [-0.4, -0.2) is 25.7 Å². The van der Waals surface area contributed by atoms with Crippen molar-refractivity contribution in [1.29, 1.82) is 0 Å². The summed E-state index contributed by atoms with van der Waals surface area (Å²) in [6.45, 7) is 10.3. The lowest BCUT2D eigenvalue weighted by atomic mass is 9.86. The largest absolute Gasteiger partial charge is 0.496 e. The van der Waals surface area contributed by atoms with Gasteiger partial charge in [0.1, 0.15) is 5.75 Å². The van der Waals surface area contributed by atoms with Crippen molar-refractivity contribution in [2.24, 2.45) is 10.2 Å². The number of methoxy groups -OCH3 is 1. The van der Waals surface area contributed by atoms with E-state index >= 15 is 0 Å². The minimum absolute atomic E-state index is 0.132. The van der Waals surface area contributed by atoms with Crippen molar-refractivity contribution in [2.75, 3.05) is 13.7 Å². The molecule has 2 atom stereocenters. The van der Waals surface area contributed by atoms with Crippen molar-refractivity contribution in [3.05, 3.63) is 58.1 Å². The van der Waals surface area contributed by atoms with Crippen molar-refractivity contribution in [3.63, 3.8) is 0 Å². The van der Waals surface area contributed by atoms with E-state index in [-0.39, 0.29) is 24.3 Å². The molecule has 0 N–H and O–H groups in total. The van der Waals surface area contributed by atoms with Crippen LogP contribution in [0.3, 0.4) is 0 Å². The molecule has 0 saturated heterocycles. The van der Waals surface area contributed by atoms with Crippen molar-refractivity contribution < 1.29 is 14.3 Å². The number of rotatable bonds is 10. The lowest BCUT2D eigenvalue weighted by Gasteiger charge is -2.21. The number of aryl methyl sites for hydroxylation is 1. The Morgan fingerprint density at radius 3 is 2.48 bits per heavy atom. The summed E-state index contributed by atoms with van der Waals surface area (Å²) in [7, 11) is 1.64. The number of hydrogen-bond acceptors (Lipinski definition) is 5. The zero-order chi connectivity index (χ0) is 23.0. The van der Waals surface area contributed by atoms with Gasteiger partial charge in [-0.25, -0.2) is 0 Å². The van der Waals surface area contributed by atoms with E-state index in [1.807, 2.05) is 52.0 Å². The molecule has 2 aromatic carbocycles. The molecule has 0 saturated carbocycles. The second-order valence-electron chi connectivity index (χ2n) is 7.72. The van der Waals surface area contributed by atoms with E-state index in [4.69, 9.17) is 21.1 Å². The monoisotopic (exact) mass is 444 g/mol. The number of ether oxygens (including phenoxy) is 2. The van der Waals surface area contributed by atoms with Crippen molar-refractivity contribution in [2.45, 2.75) is 65.3 Å². The minimum atomic E-state index is -0.247. The van der Waals surface area contributed by atoms with Gasteiger partial charge in [-0.15, -0.1) is 11.6 Å². The van der Waals surface area contributed by atoms with E-state index in [0.29, 0.717) is 18.2 Å². The number of alkyl halides is 1. The molecule has 0 aliphatic carbocycles. The number of carbonyl (C=O) groups excluding carboxylic acids is 1. The van der Waals surface area contributed by atoms with Crippen LogP contribution in [0.1, 0.15) is 67.3 Å². The smallest absolute Gasteiger partial charge is 0.306 e. The standard InChI is InChI=1S/C25H33ClN2O3/c1-7-17(4)27-28-23-12-20(13-24(30-6)18(23)5)22(14-25(29)31-8-2)19-10-9-16(3)21(11-19)15-26/h9-13,17,22H,7-8,14-15H2,1-6H3. The maximum absolute atomic E-state index is 12.5. The van der Waals surface area contributed by atoms with Crippen LogP contribution >= 0.6 is 11.6 Å². The zero-order valence-electron chi connectivity index (χ0n) is 19.4. The van der Waals surface area contributed by atoms with Gasteiger partial charge in [0.25, 0.3) is 0 Å². The molecule has 2 rings (SSSR count). The fourth-order valence-corrected chi connectivity index (χ4v) is 3.61. The molecule has 168 valence electrons. The van der Waals surface area contributed by atoms with Crippen LogP contribution in [-0.2, 0) is 15.4 Å². The number of halogens is 1. The Labute approximate surface area is 190 Å². The van der Waals surface area contributed by atoms with E-state index in [0.717, 1.165) is 39.9 Å². The molecule has 0 aliphatic heterocycles. The maximum Gasteiger partial charge on any atom is 0.306 e. The predicted octanol–water partition coefficient (Wildman–Crippen LogP) is 7.02. The molecule has 31 heavy (non-hydrogen) atoms. The normalized spacial score (nSPS) is 13.3. The van der Waals surface area contributed by atoms with Crippen molar-refractivity contribution >= 4 is 23.3 Å². The van der Waals surface area contributed by atoms with Crippen LogP contribution in [0, 0.1) is 13.8 Å². The van der Waals surface area contributed by atoms with Gasteiger partial charge in [0.2, 0.25) is 0 Å². The van der Waals surface area contributed by atoms with Crippen LogP contribution in [0.15, 0.2) is 40.6 Å². The van der Waals surface area contributed by atoms with E-state index in [2.05, 4.69) is 23.2 Å². The quantitative estimate of drug-likeness (QED) is 0.225. The molecule has 2 unspecified atom stereocenters. The van der Waals surface area contributed by atoms with Crippen molar-refractivity contribution in [3.8, 4) is 5.75 Å². The summed E-state index contributed by atoms with van der Waals surface area (Å²) in [5.74, 6) is 0.669. The lowest BCUT2D eigenvalue weighted by molar-refractivity contribution is -0.143. The van der Waals surface area contributed by atoms with Crippen LogP contribution in [0.2, 0.25) is 0 Å². The number of carbonyl (C=O) groups is 1. The molecular formula is C25H33ClN2O3. The Bertz CT molecular complexity index is 927. The first kappa shape index (κ1) is 24.9. The molecule has 0 amide bonds. The average Bonchev–Trinajstić information content (AvgIpc) is 2.77. The fraction of sp³-hybridized carbons (Fsp3) is 0.480. The van der Waals surface area contributed by atoms with E-state index in [1.165, 1.54) is 0 Å². The van der Waals surface area contributed by atoms with Crippen LogP contribution in [0.5, 0.6) is 5.75 Å². The SMILES string of the molecule is CCOC(=O)CC(c1ccc(C)c(CCl)c1)c1cc(N=NC(C)CC)c(C)c(OC)c1. The molecule has 0 heterocycles. The van der Waals surface area contributed by atoms with Crippen LogP contribution < -0.4 is 4.74 Å². The Morgan fingerprint density at radius 2 is 1.87 bits per heavy atom. The van der Waals surface area contributed by atoms with Crippen LogP contribution in [0.25, 0.3) is 0 Å². The first-order chi connectivity index (χ1) is 14.8. The van der Waals surface area contributed by atoms with Gasteiger partial charge in [-0.2, -0.15) is 10.2 Å². The van der Waals surface area contributed by atoms with Gasteiger partial charge < -0.3 is 9.47 Å². The topological polar surface area (TPSA) is 60.2 Å². The Balaban J connectivity index is 2.61.